The maximum absolute atomic E-state index is 11.7. The number of carboxylic acids is 1. The Bertz CT molecular complexity index is 451. The lowest BCUT2D eigenvalue weighted by molar-refractivity contribution is 0.0382. The standard InChI is InChI=1S/C12H16N2O5/c15-11(10-7-9(8-19-10)12(16)17)13-1-2-14-3-5-18-6-4-14/h7-8H,1-6H2,(H,13,15)(H,16,17). The lowest BCUT2D eigenvalue weighted by atomic mass is 10.3. The Morgan fingerprint density at radius 3 is 2.74 bits per heavy atom. The molecule has 1 saturated heterocycles. The van der Waals surface area contributed by atoms with Gasteiger partial charge in [0.05, 0.1) is 18.8 Å². The van der Waals surface area contributed by atoms with E-state index in [4.69, 9.17) is 14.3 Å². The van der Waals surface area contributed by atoms with Crippen LogP contribution in [0, 0.1) is 0 Å². The van der Waals surface area contributed by atoms with Crippen molar-refractivity contribution >= 4 is 11.9 Å². The molecular formula is C12H16N2O5. The number of rotatable bonds is 5. The van der Waals surface area contributed by atoms with E-state index in [-0.39, 0.29) is 11.3 Å². The predicted octanol–water partition coefficient (Wildman–Crippen LogP) is 0.0398. The van der Waals surface area contributed by atoms with E-state index in [1.54, 1.807) is 0 Å². The van der Waals surface area contributed by atoms with Gasteiger partial charge in [0.15, 0.2) is 5.76 Å². The van der Waals surface area contributed by atoms with Gasteiger partial charge in [0.25, 0.3) is 5.91 Å². The van der Waals surface area contributed by atoms with Crippen LogP contribution < -0.4 is 5.32 Å². The third kappa shape index (κ3) is 3.80. The third-order valence-corrected chi connectivity index (χ3v) is 2.89. The van der Waals surface area contributed by atoms with Crippen molar-refractivity contribution in [2.75, 3.05) is 39.4 Å². The minimum absolute atomic E-state index is 0.0133. The first-order valence-electron chi connectivity index (χ1n) is 6.07. The molecule has 1 aromatic heterocycles. The van der Waals surface area contributed by atoms with Gasteiger partial charge < -0.3 is 19.6 Å². The lowest BCUT2D eigenvalue weighted by Gasteiger charge is -2.26. The summed E-state index contributed by atoms with van der Waals surface area (Å²) < 4.78 is 10.1. The number of morpholine rings is 1. The van der Waals surface area contributed by atoms with E-state index in [0.717, 1.165) is 25.9 Å². The maximum Gasteiger partial charge on any atom is 0.338 e. The summed E-state index contributed by atoms with van der Waals surface area (Å²) in [4.78, 5) is 24.5. The smallest absolute Gasteiger partial charge is 0.338 e. The summed E-state index contributed by atoms with van der Waals surface area (Å²) in [5, 5.41) is 11.4. The zero-order chi connectivity index (χ0) is 13.7. The van der Waals surface area contributed by atoms with Crippen molar-refractivity contribution in [2.24, 2.45) is 0 Å². The van der Waals surface area contributed by atoms with Gasteiger partial charge in [-0.25, -0.2) is 4.79 Å². The van der Waals surface area contributed by atoms with Crippen LogP contribution in [0.2, 0.25) is 0 Å². The van der Waals surface area contributed by atoms with Crippen LogP contribution in [0.25, 0.3) is 0 Å². The second kappa shape index (κ2) is 6.35. The molecule has 2 N–H and O–H groups in total. The van der Waals surface area contributed by atoms with Crippen molar-refractivity contribution in [3.63, 3.8) is 0 Å². The van der Waals surface area contributed by atoms with E-state index >= 15 is 0 Å². The molecule has 1 fully saturated rings. The molecule has 0 atom stereocenters. The van der Waals surface area contributed by atoms with Crippen molar-refractivity contribution in [1.29, 1.82) is 0 Å². The van der Waals surface area contributed by atoms with Crippen LogP contribution in [0.15, 0.2) is 16.7 Å². The first-order valence-corrected chi connectivity index (χ1v) is 6.07. The molecule has 1 aromatic rings. The Kier molecular flexibility index (Phi) is 4.53. The Morgan fingerprint density at radius 2 is 2.11 bits per heavy atom. The highest BCUT2D eigenvalue weighted by molar-refractivity contribution is 5.95. The first kappa shape index (κ1) is 13.6. The van der Waals surface area contributed by atoms with Crippen molar-refractivity contribution < 1.29 is 23.8 Å². The number of aromatic carboxylic acids is 1. The van der Waals surface area contributed by atoms with Gasteiger partial charge in [-0.05, 0) is 0 Å². The molecule has 0 saturated carbocycles. The van der Waals surface area contributed by atoms with Gasteiger partial charge in [-0.2, -0.15) is 0 Å². The molecule has 2 rings (SSSR count). The molecule has 19 heavy (non-hydrogen) atoms. The molecule has 1 amide bonds. The Hall–Kier alpha value is -1.86. The molecule has 0 spiro atoms. The highest BCUT2D eigenvalue weighted by Gasteiger charge is 2.15. The van der Waals surface area contributed by atoms with E-state index in [9.17, 15) is 9.59 Å². The summed E-state index contributed by atoms with van der Waals surface area (Å²) in [7, 11) is 0. The van der Waals surface area contributed by atoms with Gasteiger partial charge >= 0.3 is 5.97 Å². The number of carbonyl (C=O) groups is 2. The summed E-state index contributed by atoms with van der Waals surface area (Å²) in [5.74, 6) is -1.50. The van der Waals surface area contributed by atoms with E-state index in [1.165, 1.54) is 6.07 Å². The second-order valence-corrected chi connectivity index (χ2v) is 4.21. The summed E-state index contributed by atoms with van der Waals surface area (Å²) in [6, 6.07) is 1.21. The number of amides is 1. The Labute approximate surface area is 110 Å². The van der Waals surface area contributed by atoms with Crippen molar-refractivity contribution in [2.45, 2.75) is 0 Å². The second-order valence-electron chi connectivity index (χ2n) is 4.21. The number of carbonyl (C=O) groups excluding carboxylic acids is 1. The number of ether oxygens (including phenoxy) is 1. The highest BCUT2D eigenvalue weighted by atomic mass is 16.5. The third-order valence-electron chi connectivity index (χ3n) is 2.89. The molecular weight excluding hydrogens is 252 g/mol. The highest BCUT2D eigenvalue weighted by Crippen LogP contribution is 2.07. The minimum atomic E-state index is -1.11. The van der Waals surface area contributed by atoms with Crippen LogP contribution in [0.5, 0.6) is 0 Å². The van der Waals surface area contributed by atoms with Crippen molar-refractivity contribution in [1.82, 2.24) is 10.2 Å². The maximum atomic E-state index is 11.7. The van der Waals surface area contributed by atoms with E-state index in [1.807, 2.05) is 0 Å². The number of carboxylic acid groups (broad SMARTS) is 1. The molecule has 2 heterocycles. The van der Waals surface area contributed by atoms with Crippen LogP contribution in [-0.2, 0) is 4.74 Å². The molecule has 7 nitrogen and oxygen atoms in total. The Balaban J connectivity index is 1.75. The van der Waals surface area contributed by atoms with E-state index in [2.05, 4.69) is 10.2 Å². The van der Waals surface area contributed by atoms with Crippen LogP contribution >= 0.6 is 0 Å². The van der Waals surface area contributed by atoms with Crippen molar-refractivity contribution in [3.05, 3.63) is 23.7 Å². The van der Waals surface area contributed by atoms with Crippen LogP contribution in [0.1, 0.15) is 20.9 Å². The SMILES string of the molecule is O=C(O)c1coc(C(=O)NCCN2CCOCC2)c1. The normalized spacial score (nSPS) is 16.2. The van der Waals surface area contributed by atoms with Gasteiger partial charge in [0.1, 0.15) is 6.26 Å². The van der Waals surface area contributed by atoms with Gasteiger partial charge in [0, 0.05) is 32.2 Å². The van der Waals surface area contributed by atoms with E-state index in [0.29, 0.717) is 19.8 Å². The quantitative estimate of drug-likeness (QED) is 0.783. The number of furan rings is 1. The number of hydrogen-bond acceptors (Lipinski definition) is 5. The number of nitrogens with one attached hydrogen (secondary N) is 1. The molecule has 0 aliphatic carbocycles. The monoisotopic (exact) mass is 268 g/mol. The average molecular weight is 268 g/mol. The molecule has 7 heteroatoms. The minimum Gasteiger partial charge on any atom is -0.478 e. The summed E-state index contributed by atoms with van der Waals surface area (Å²) >= 11 is 0. The van der Waals surface area contributed by atoms with Crippen LogP contribution in [0.3, 0.4) is 0 Å². The summed E-state index contributed by atoms with van der Waals surface area (Å²) in [6.45, 7) is 4.38. The topological polar surface area (TPSA) is 92.0 Å². The number of hydrogen-bond donors (Lipinski definition) is 2. The number of nitrogens with zero attached hydrogens (tertiary/aromatic N) is 1. The molecule has 1 aliphatic heterocycles. The Morgan fingerprint density at radius 1 is 1.37 bits per heavy atom. The molecule has 0 bridgehead atoms. The van der Waals surface area contributed by atoms with Crippen LogP contribution in [-0.4, -0.2) is 61.3 Å². The lowest BCUT2D eigenvalue weighted by Crippen LogP contribution is -2.41. The molecule has 0 unspecified atom stereocenters. The average Bonchev–Trinajstić information content (AvgIpc) is 2.89. The zero-order valence-electron chi connectivity index (χ0n) is 10.4. The largest absolute Gasteiger partial charge is 0.478 e. The zero-order valence-corrected chi connectivity index (χ0v) is 10.4. The predicted molar refractivity (Wildman–Crippen MR) is 65.3 cm³/mol. The fourth-order valence-corrected chi connectivity index (χ4v) is 1.81. The fourth-order valence-electron chi connectivity index (χ4n) is 1.81. The molecule has 0 radical (unpaired) electrons. The van der Waals surface area contributed by atoms with Gasteiger partial charge in [-0.1, -0.05) is 0 Å². The van der Waals surface area contributed by atoms with Gasteiger partial charge in [-0.15, -0.1) is 0 Å². The molecule has 104 valence electrons. The van der Waals surface area contributed by atoms with E-state index < -0.39 is 11.9 Å². The molecule has 0 aromatic carbocycles. The van der Waals surface area contributed by atoms with Crippen molar-refractivity contribution in [3.8, 4) is 0 Å². The summed E-state index contributed by atoms with van der Waals surface area (Å²) in [6.07, 6.45) is 1.05. The van der Waals surface area contributed by atoms with Gasteiger partial charge in [-0.3, -0.25) is 9.69 Å². The van der Waals surface area contributed by atoms with Crippen LogP contribution in [0.4, 0.5) is 0 Å². The molecule has 1 aliphatic rings. The fraction of sp³-hybridized carbons (Fsp3) is 0.500. The first-order chi connectivity index (χ1) is 9.16. The van der Waals surface area contributed by atoms with Gasteiger partial charge in [0.2, 0.25) is 0 Å². The summed E-state index contributed by atoms with van der Waals surface area (Å²) in [5.41, 5.74) is -0.0293.